The molecule has 1 aromatic heterocycles. The number of pyridine rings is 1. The van der Waals surface area contributed by atoms with Gasteiger partial charge in [-0.15, -0.1) is 0 Å². The average molecular weight is 304 g/mol. The van der Waals surface area contributed by atoms with Crippen molar-refractivity contribution in [3.05, 3.63) is 29.0 Å². The maximum absolute atomic E-state index is 12.2. The molecular formula is C11H14ClN3O3S. The lowest BCUT2D eigenvalue weighted by Gasteiger charge is -2.33. The zero-order chi connectivity index (χ0) is 14.0. The van der Waals surface area contributed by atoms with Crippen LogP contribution in [0.25, 0.3) is 0 Å². The summed E-state index contributed by atoms with van der Waals surface area (Å²) in [6.07, 6.45) is 4.09. The third-order valence-electron chi connectivity index (χ3n) is 3.00. The van der Waals surface area contributed by atoms with Crippen LogP contribution in [-0.2, 0) is 10.0 Å². The van der Waals surface area contributed by atoms with Gasteiger partial charge in [0.25, 0.3) is 5.91 Å². The Hall–Kier alpha value is -1.18. The van der Waals surface area contributed by atoms with E-state index < -0.39 is 10.0 Å². The van der Waals surface area contributed by atoms with Crippen LogP contribution in [0.4, 0.5) is 0 Å². The second kappa shape index (κ2) is 5.44. The number of nitrogens with zero attached hydrogens (tertiary/aromatic N) is 3. The van der Waals surface area contributed by atoms with Crippen molar-refractivity contribution in [3.63, 3.8) is 0 Å². The fourth-order valence-electron chi connectivity index (χ4n) is 1.94. The molecule has 0 spiro atoms. The minimum absolute atomic E-state index is 0.194. The number of halogens is 1. The van der Waals surface area contributed by atoms with Crippen LogP contribution < -0.4 is 0 Å². The molecule has 6 nitrogen and oxygen atoms in total. The Morgan fingerprint density at radius 1 is 1.32 bits per heavy atom. The van der Waals surface area contributed by atoms with Crippen molar-refractivity contribution in [2.45, 2.75) is 0 Å². The summed E-state index contributed by atoms with van der Waals surface area (Å²) in [6.45, 7) is 1.36. The molecule has 0 N–H and O–H groups in total. The summed E-state index contributed by atoms with van der Waals surface area (Å²) in [4.78, 5) is 17.6. The number of sulfonamides is 1. The number of piperazine rings is 1. The zero-order valence-corrected chi connectivity index (χ0v) is 12.0. The van der Waals surface area contributed by atoms with Gasteiger partial charge in [-0.3, -0.25) is 9.78 Å². The van der Waals surface area contributed by atoms with Gasteiger partial charge in [0.1, 0.15) is 0 Å². The molecule has 104 valence electrons. The molecule has 1 aromatic rings. The summed E-state index contributed by atoms with van der Waals surface area (Å²) in [5.41, 5.74) is 0.393. The van der Waals surface area contributed by atoms with E-state index in [9.17, 15) is 13.2 Å². The van der Waals surface area contributed by atoms with Gasteiger partial charge in [0.15, 0.2) is 0 Å². The van der Waals surface area contributed by atoms with Crippen LogP contribution in [0.5, 0.6) is 0 Å². The summed E-state index contributed by atoms with van der Waals surface area (Å²) in [5, 5.41) is 0.304. The van der Waals surface area contributed by atoms with E-state index in [4.69, 9.17) is 11.6 Å². The van der Waals surface area contributed by atoms with Gasteiger partial charge in [-0.2, -0.15) is 4.31 Å². The number of amides is 1. The lowest BCUT2D eigenvalue weighted by molar-refractivity contribution is 0.0698. The molecule has 0 unspecified atom stereocenters. The third kappa shape index (κ3) is 3.23. The molecule has 19 heavy (non-hydrogen) atoms. The lowest BCUT2D eigenvalue weighted by Crippen LogP contribution is -2.50. The van der Waals surface area contributed by atoms with E-state index in [-0.39, 0.29) is 5.91 Å². The van der Waals surface area contributed by atoms with E-state index in [1.54, 1.807) is 11.0 Å². The number of hydrogen-bond acceptors (Lipinski definition) is 4. The molecule has 0 saturated carbocycles. The van der Waals surface area contributed by atoms with Crippen molar-refractivity contribution in [2.75, 3.05) is 32.4 Å². The first-order valence-electron chi connectivity index (χ1n) is 5.73. The highest BCUT2D eigenvalue weighted by molar-refractivity contribution is 7.88. The maximum atomic E-state index is 12.2. The van der Waals surface area contributed by atoms with Crippen molar-refractivity contribution in [1.29, 1.82) is 0 Å². The van der Waals surface area contributed by atoms with Crippen molar-refractivity contribution < 1.29 is 13.2 Å². The molecule has 2 rings (SSSR count). The number of carbonyl (C=O) groups excluding carboxylic acids is 1. The molecular weight excluding hydrogens is 290 g/mol. The van der Waals surface area contributed by atoms with E-state index >= 15 is 0 Å². The summed E-state index contributed by atoms with van der Waals surface area (Å²) in [5.74, 6) is -0.194. The Bertz CT molecular complexity index is 583. The standard InChI is InChI=1S/C11H14ClN3O3S/c1-19(17,18)15-6-4-14(5-7-15)11(16)9-2-3-13-8-10(9)12/h2-3,8H,4-7H2,1H3. The maximum Gasteiger partial charge on any atom is 0.255 e. The van der Waals surface area contributed by atoms with Crippen molar-refractivity contribution in [2.24, 2.45) is 0 Å². The SMILES string of the molecule is CS(=O)(=O)N1CCN(C(=O)c2ccncc2Cl)CC1. The Kier molecular flexibility index (Phi) is 4.07. The molecule has 1 saturated heterocycles. The van der Waals surface area contributed by atoms with Crippen LogP contribution in [0, 0.1) is 0 Å². The smallest absolute Gasteiger partial charge is 0.255 e. The quantitative estimate of drug-likeness (QED) is 0.795. The Labute approximate surface area is 117 Å². The van der Waals surface area contributed by atoms with Crippen molar-refractivity contribution >= 4 is 27.5 Å². The molecule has 1 aliphatic rings. The first-order valence-corrected chi connectivity index (χ1v) is 7.96. The average Bonchev–Trinajstić information content (AvgIpc) is 2.38. The third-order valence-corrected chi connectivity index (χ3v) is 4.60. The lowest BCUT2D eigenvalue weighted by atomic mass is 10.2. The molecule has 1 aliphatic heterocycles. The Balaban J connectivity index is 2.07. The van der Waals surface area contributed by atoms with Gasteiger partial charge < -0.3 is 4.90 Å². The van der Waals surface area contributed by atoms with Gasteiger partial charge in [-0.1, -0.05) is 11.6 Å². The van der Waals surface area contributed by atoms with Crippen LogP contribution in [0.2, 0.25) is 5.02 Å². The highest BCUT2D eigenvalue weighted by Crippen LogP contribution is 2.17. The Morgan fingerprint density at radius 3 is 2.47 bits per heavy atom. The minimum Gasteiger partial charge on any atom is -0.336 e. The molecule has 0 aromatic carbocycles. The highest BCUT2D eigenvalue weighted by Gasteiger charge is 2.27. The second-order valence-electron chi connectivity index (χ2n) is 4.31. The van der Waals surface area contributed by atoms with Crippen LogP contribution in [0.3, 0.4) is 0 Å². The predicted molar refractivity (Wildman–Crippen MR) is 71.6 cm³/mol. The molecule has 0 atom stereocenters. The van der Waals surface area contributed by atoms with E-state index in [0.29, 0.717) is 36.8 Å². The van der Waals surface area contributed by atoms with Crippen LogP contribution >= 0.6 is 11.6 Å². The molecule has 0 aliphatic carbocycles. The number of carbonyl (C=O) groups is 1. The molecule has 1 fully saturated rings. The molecule has 0 radical (unpaired) electrons. The molecule has 2 heterocycles. The first-order chi connectivity index (χ1) is 8.89. The summed E-state index contributed by atoms with van der Waals surface area (Å²) in [7, 11) is -3.19. The van der Waals surface area contributed by atoms with Crippen LogP contribution in [0.1, 0.15) is 10.4 Å². The van der Waals surface area contributed by atoms with E-state index in [1.165, 1.54) is 23.0 Å². The van der Waals surface area contributed by atoms with Gasteiger partial charge in [0, 0.05) is 38.6 Å². The predicted octanol–water partition coefficient (Wildman–Crippen LogP) is 0.452. The van der Waals surface area contributed by atoms with Gasteiger partial charge in [0.05, 0.1) is 16.8 Å². The van der Waals surface area contributed by atoms with Gasteiger partial charge in [-0.25, -0.2) is 8.42 Å². The van der Waals surface area contributed by atoms with Gasteiger partial charge in [-0.05, 0) is 6.07 Å². The summed E-state index contributed by atoms with van der Waals surface area (Å²) >= 11 is 5.92. The van der Waals surface area contributed by atoms with Crippen LogP contribution in [-0.4, -0.2) is 60.9 Å². The van der Waals surface area contributed by atoms with Crippen molar-refractivity contribution in [3.8, 4) is 0 Å². The van der Waals surface area contributed by atoms with E-state index in [2.05, 4.69) is 4.98 Å². The van der Waals surface area contributed by atoms with Crippen molar-refractivity contribution in [1.82, 2.24) is 14.2 Å². The monoisotopic (exact) mass is 303 g/mol. The van der Waals surface area contributed by atoms with Gasteiger partial charge >= 0.3 is 0 Å². The molecule has 8 heteroatoms. The molecule has 0 bridgehead atoms. The second-order valence-corrected chi connectivity index (χ2v) is 6.70. The largest absolute Gasteiger partial charge is 0.336 e. The normalized spacial score (nSPS) is 17.5. The topological polar surface area (TPSA) is 70.6 Å². The fourth-order valence-corrected chi connectivity index (χ4v) is 2.97. The summed E-state index contributed by atoms with van der Waals surface area (Å²) < 4.78 is 24.1. The fraction of sp³-hybridized carbons (Fsp3) is 0.455. The number of rotatable bonds is 2. The number of hydrogen-bond donors (Lipinski definition) is 0. The van der Waals surface area contributed by atoms with E-state index in [0.717, 1.165) is 0 Å². The first kappa shape index (κ1) is 14.2. The summed E-state index contributed by atoms with van der Waals surface area (Å²) in [6, 6.07) is 1.56. The van der Waals surface area contributed by atoms with Crippen LogP contribution in [0.15, 0.2) is 18.5 Å². The Morgan fingerprint density at radius 2 is 1.95 bits per heavy atom. The molecule has 1 amide bonds. The van der Waals surface area contributed by atoms with E-state index in [1.807, 2.05) is 0 Å². The highest BCUT2D eigenvalue weighted by atomic mass is 35.5. The van der Waals surface area contributed by atoms with Gasteiger partial charge in [0.2, 0.25) is 10.0 Å². The zero-order valence-electron chi connectivity index (χ0n) is 10.4. The number of aromatic nitrogens is 1. The minimum atomic E-state index is -3.19.